The van der Waals surface area contributed by atoms with Crippen LogP contribution in [0, 0.1) is 19.8 Å². The molecule has 0 amide bonds. The van der Waals surface area contributed by atoms with Gasteiger partial charge >= 0.3 is 0 Å². The predicted molar refractivity (Wildman–Crippen MR) is 80.7 cm³/mol. The molecule has 0 unspecified atom stereocenters. The fourth-order valence-electron chi connectivity index (χ4n) is 2.61. The highest BCUT2D eigenvalue weighted by atomic mass is 15.3. The Bertz CT molecular complexity index is 447. The second-order valence-corrected chi connectivity index (χ2v) is 6.62. The van der Waals surface area contributed by atoms with Crippen molar-refractivity contribution in [3.63, 3.8) is 0 Å². The Morgan fingerprint density at radius 3 is 2.44 bits per heavy atom. The Hall–Kier alpha value is -1.18. The second kappa shape index (κ2) is 4.49. The van der Waals surface area contributed by atoms with E-state index in [0.717, 1.165) is 13.1 Å². The van der Waals surface area contributed by atoms with Crippen LogP contribution in [0.1, 0.15) is 38.8 Å². The largest absolute Gasteiger partial charge is 0.381 e. The van der Waals surface area contributed by atoms with E-state index in [4.69, 9.17) is 0 Å². The average molecular weight is 246 g/mol. The molecule has 2 nitrogen and oxygen atoms in total. The van der Waals surface area contributed by atoms with E-state index in [0.29, 0.717) is 5.92 Å². The lowest BCUT2D eigenvalue weighted by Gasteiger charge is -2.46. The highest BCUT2D eigenvalue weighted by molar-refractivity contribution is 5.75. The van der Waals surface area contributed by atoms with Crippen LogP contribution in [0.2, 0.25) is 0 Å². The lowest BCUT2D eigenvalue weighted by Crippen LogP contribution is -2.53. The molecule has 0 spiro atoms. The number of aryl methyl sites for hydroxylation is 2. The minimum atomic E-state index is 0.180. The smallest absolute Gasteiger partial charge is 0.0610 e. The zero-order valence-electron chi connectivity index (χ0n) is 12.6. The molecular weight excluding hydrogens is 220 g/mol. The Kier molecular flexibility index (Phi) is 3.31. The minimum Gasteiger partial charge on any atom is -0.381 e. The van der Waals surface area contributed by atoms with E-state index in [2.05, 4.69) is 63.9 Å². The van der Waals surface area contributed by atoms with E-state index in [1.807, 2.05) is 0 Å². The molecule has 100 valence electrons. The molecule has 0 saturated carbocycles. The Morgan fingerprint density at radius 2 is 1.83 bits per heavy atom. The molecule has 0 aromatic heterocycles. The summed E-state index contributed by atoms with van der Waals surface area (Å²) in [4.78, 5) is 2.57. The first-order valence-electron chi connectivity index (χ1n) is 6.94. The summed E-state index contributed by atoms with van der Waals surface area (Å²) in [5, 5.41) is 3.58. The summed E-state index contributed by atoms with van der Waals surface area (Å²) in [6.07, 6.45) is 0. The molecule has 1 N–H and O–H groups in total. The van der Waals surface area contributed by atoms with Crippen molar-refractivity contribution in [1.29, 1.82) is 0 Å². The molecule has 0 saturated heterocycles. The van der Waals surface area contributed by atoms with E-state index < -0.39 is 0 Å². The zero-order valence-corrected chi connectivity index (χ0v) is 12.6. The number of hydrogen-bond donors (Lipinski definition) is 1. The molecular formula is C16H26N2. The molecule has 1 heterocycles. The third-order valence-electron chi connectivity index (χ3n) is 3.89. The van der Waals surface area contributed by atoms with E-state index >= 15 is 0 Å². The Morgan fingerprint density at radius 1 is 1.22 bits per heavy atom. The van der Waals surface area contributed by atoms with Crippen molar-refractivity contribution in [2.75, 3.05) is 23.3 Å². The Balaban J connectivity index is 2.47. The van der Waals surface area contributed by atoms with Gasteiger partial charge in [-0.05, 0) is 56.9 Å². The van der Waals surface area contributed by atoms with Crippen LogP contribution in [0.4, 0.5) is 11.4 Å². The highest BCUT2D eigenvalue weighted by Gasteiger charge is 2.33. The van der Waals surface area contributed by atoms with Crippen LogP contribution in [-0.2, 0) is 0 Å². The van der Waals surface area contributed by atoms with E-state index in [1.54, 1.807) is 0 Å². The first-order chi connectivity index (χ1) is 8.31. The molecule has 18 heavy (non-hydrogen) atoms. The van der Waals surface area contributed by atoms with E-state index in [1.165, 1.54) is 22.5 Å². The summed E-state index contributed by atoms with van der Waals surface area (Å²) in [6, 6.07) is 4.62. The third kappa shape index (κ3) is 2.33. The van der Waals surface area contributed by atoms with Crippen molar-refractivity contribution >= 4 is 11.4 Å². The van der Waals surface area contributed by atoms with Crippen LogP contribution < -0.4 is 10.2 Å². The first kappa shape index (κ1) is 13.3. The van der Waals surface area contributed by atoms with Gasteiger partial charge in [-0.3, -0.25) is 0 Å². The molecule has 1 aliphatic rings. The molecule has 0 fully saturated rings. The summed E-state index contributed by atoms with van der Waals surface area (Å²) in [5.41, 5.74) is 5.58. The third-order valence-corrected chi connectivity index (χ3v) is 3.89. The van der Waals surface area contributed by atoms with Gasteiger partial charge in [-0.25, -0.2) is 0 Å². The lowest BCUT2D eigenvalue weighted by atomic mass is 9.94. The summed E-state index contributed by atoms with van der Waals surface area (Å²) in [6.45, 7) is 15.7. The summed E-state index contributed by atoms with van der Waals surface area (Å²) >= 11 is 0. The molecule has 1 aromatic rings. The van der Waals surface area contributed by atoms with Gasteiger partial charge in [0.2, 0.25) is 0 Å². The van der Waals surface area contributed by atoms with E-state index in [9.17, 15) is 0 Å². The fraction of sp³-hybridized carbons (Fsp3) is 0.625. The van der Waals surface area contributed by atoms with Gasteiger partial charge in [-0.2, -0.15) is 0 Å². The molecule has 0 bridgehead atoms. The lowest BCUT2D eigenvalue weighted by molar-refractivity contribution is 0.440. The van der Waals surface area contributed by atoms with Crippen molar-refractivity contribution < 1.29 is 0 Å². The summed E-state index contributed by atoms with van der Waals surface area (Å²) < 4.78 is 0. The first-order valence-corrected chi connectivity index (χ1v) is 6.94. The number of benzene rings is 1. The number of fused-ring (bicyclic) bond motifs is 1. The van der Waals surface area contributed by atoms with Crippen LogP contribution >= 0.6 is 0 Å². The van der Waals surface area contributed by atoms with Gasteiger partial charge in [0, 0.05) is 13.1 Å². The van der Waals surface area contributed by atoms with Crippen LogP contribution in [-0.4, -0.2) is 18.6 Å². The fourth-order valence-corrected chi connectivity index (χ4v) is 2.61. The number of rotatable bonds is 2. The standard InChI is InChI=1S/C16H26N2/c1-11(2)9-18-15-8-13(4)12(3)7-14(15)17-10-16(18,5)6/h7-8,11,17H,9-10H2,1-6H3. The number of nitrogens with zero attached hydrogens (tertiary/aromatic N) is 1. The van der Waals surface area contributed by atoms with Crippen LogP contribution in [0.3, 0.4) is 0 Å². The summed E-state index contributed by atoms with van der Waals surface area (Å²) in [5.74, 6) is 0.678. The molecule has 0 atom stereocenters. The number of hydrogen-bond acceptors (Lipinski definition) is 2. The summed E-state index contributed by atoms with van der Waals surface area (Å²) in [7, 11) is 0. The maximum absolute atomic E-state index is 3.58. The van der Waals surface area contributed by atoms with Gasteiger partial charge < -0.3 is 10.2 Å². The van der Waals surface area contributed by atoms with Gasteiger partial charge in [0.15, 0.2) is 0 Å². The maximum atomic E-state index is 3.58. The molecule has 2 heteroatoms. The maximum Gasteiger partial charge on any atom is 0.0610 e. The monoisotopic (exact) mass is 246 g/mol. The van der Waals surface area contributed by atoms with Crippen molar-refractivity contribution in [2.45, 2.75) is 47.1 Å². The van der Waals surface area contributed by atoms with Crippen LogP contribution in [0.5, 0.6) is 0 Å². The minimum absolute atomic E-state index is 0.180. The van der Waals surface area contributed by atoms with Gasteiger partial charge in [0.1, 0.15) is 0 Å². The van der Waals surface area contributed by atoms with Gasteiger partial charge in [0.05, 0.1) is 16.9 Å². The second-order valence-electron chi connectivity index (χ2n) is 6.62. The highest BCUT2D eigenvalue weighted by Crippen LogP contribution is 2.38. The van der Waals surface area contributed by atoms with Crippen molar-refractivity contribution in [3.05, 3.63) is 23.3 Å². The van der Waals surface area contributed by atoms with Crippen molar-refractivity contribution in [3.8, 4) is 0 Å². The number of anilines is 2. The van der Waals surface area contributed by atoms with Crippen LogP contribution in [0.25, 0.3) is 0 Å². The predicted octanol–water partition coefficient (Wildman–Crippen LogP) is 3.97. The normalized spacial score (nSPS) is 17.6. The Labute approximate surface area is 111 Å². The van der Waals surface area contributed by atoms with Crippen molar-refractivity contribution in [2.24, 2.45) is 5.92 Å². The molecule has 0 radical (unpaired) electrons. The van der Waals surface area contributed by atoms with Gasteiger partial charge in [-0.15, -0.1) is 0 Å². The number of nitrogens with one attached hydrogen (secondary N) is 1. The van der Waals surface area contributed by atoms with Gasteiger partial charge in [-0.1, -0.05) is 13.8 Å². The van der Waals surface area contributed by atoms with Gasteiger partial charge in [0.25, 0.3) is 0 Å². The van der Waals surface area contributed by atoms with Crippen LogP contribution in [0.15, 0.2) is 12.1 Å². The van der Waals surface area contributed by atoms with Crippen molar-refractivity contribution in [1.82, 2.24) is 0 Å². The topological polar surface area (TPSA) is 15.3 Å². The molecule has 1 aromatic carbocycles. The quantitative estimate of drug-likeness (QED) is 0.849. The van der Waals surface area contributed by atoms with E-state index in [-0.39, 0.29) is 5.54 Å². The molecule has 2 rings (SSSR count). The molecule has 1 aliphatic heterocycles. The average Bonchev–Trinajstić information content (AvgIpc) is 2.25. The zero-order chi connectivity index (χ0) is 13.5. The molecule has 0 aliphatic carbocycles. The SMILES string of the molecule is Cc1cc2c(cc1C)N(CC(C)C)C(C)(C)CN2.